The van der Waals surface area contributed by atoms with Crippen molar-refractivity contribution < 1.29 is 0 Å². The molecule has 0 atom stereocenters. The Balaban J connectivity index is 0.000000110. The molecule has 0 amide bonds. The van der Waals surface area contributed by atoms with Crippen LogP contribution in [0.1, 0.15) is 0 Å². The van der Waals surface area contributed by atoms with Crippen LogP contribution < -0.4 is 0 Å². The first-order valence-corrected chi connectivity index (χ1v) is 40.2. The zero-order valence-electron chi connectivity index (χ0n) is 63.9. The minimum absolute atomic E-state index is 1.24. The average molecular weight is 1470 g/mol. The summed E-state index contributed by atoms with van der Waals surface area (Å²) in [5.41, 5.74) is 23.0. The van der Waals surface area contributed by atoms with E-state index < -0.39 is 0 Å². The van der Waals surface area contributed by atoms with E-state index in [1.165, 1.54) is 219 Å². The maximum Gasteiger partial charge on any atom is -0.00139 e. The van der Waals surface area contributed by atoms with Gasteiger partial charge in [0.1, 0.15) is 0 Å². The van der Waals surface area contributed by atoms with Gasteiger partial charge in [-0.05, 0) is 219 Å². The van der Waals surface area contributed by atoms with Crippen LogP contribution in [0.3, 0.4) is 0 Å². The van der Waals surface area contributed by atoms with Gasteiger partial charge in [0, 0.05) is 0 Å². The molecule has 23 rings (SSSR count). The van der Waals surface area contributed by atoms with Gasteiger partial charge in [-0.1, -0.05) is 461 Å². The van der Waals surface area contributed by atoms with Crippen molar-refractivity contribution in [1.82, 2.24) is 0 Å². The highest BCUT2D eigenvalue weighted by molar-refractivity contribution is 6.33. The van der Waals surface area contributed by atoms with Crippen molar-refractivity contribution in [2.24, 2.45) is 0 Å². The molecule has 0 aliphatic heterocycles. The van der Waals surface area contributed by atoms with Gasteiger partial charge >= 0.3 is 0 Å². The molecule has 540 valence electrons. The Hall–Kier alpha value is -15.1. The highest BCUT2D eigenvalue weighted by Gasteiger charge is 2.26. The van der Waals surface area contributed by atoms with Gasteiger partial charge in [0.15, 0.2) is 0 Å². The summed E-state index contributed by atoms with van der Waals surface area (Å²) in [6.07, 6.45) is 0. The van der Waals surface area contributed by atoms with Crippen LogP contribution in [0, 0.1) is 0 Å². The lowest BCUT2D eigenvalue weighted by Crippen LogP contribution is -1.94. The fourth-order valence-electron chi connectivity index (χ4n) is 18.9. The van der Waals surface area contributed by atoms with Crippen LogP contribution >= 0.6 is 0 Å². The molecule has 23 aromatic carbocycles. The van der Waals surface area contributed by atoms with E-state index in [0.29, 0.717) is 0 Å². The van der Waals surface area contributed by atoms with Crippen molar-refractivity contribution in [3.63, 3.8) is 0 Å². The summed E-state index contributed by atoms with van der Waals surface area (Å²) in [5, 5.41) is 28.1. The molecule has 0 saturated heterocycles. The van der Waals surface area contributed by atoms with Crippen molar-refractivity contribution in [3.8, 4) is 100 Å². The van der Waals surface area contributed by atoms with Crippen LogP contribution in [-0.2, 0) is 0 Å². The van der Waals surface area contributed by atoms with Crippen LogP contribution in [0.15, 0.2) is 461 Å². The minimum atomic E-state index is 1.24. The summed E-state index contributed by atoms with van der Waals surface area (Å²) in [6.45, 7) is 0. The largest absolute Gasteiger partial charge is 0.0622 e. The van der Waals surface area contributed by atoms with Crippen molar-refractivity contribution in [2.75, 3.05) is 0 Å². The van der Waals surface area contributed by atoms with Crippen LogP contribution in [0.2, 0.25) is 0 Å². The summed E-state index contributed by atoms with van der Waals surface area (Å²) < 4.78 is 0. The molecule has 0 aromatic heterocycles. The second-order valence-electron chi connectivity index (χ2n) is 30.1. The molecule has 23 aromatic rings. The Bertz CT molecular complexity index is 7250. The van der Waals surface area contributed by atoms with Crippen LogP contribution in [0.4, 0.5) is 0 Å². The summed E-state index contributed by atoms with van der Waals surface area (Å²) in [6, 6.07) is 168. The second kappa shape index (κ2) is 29.9. The van der Waals surface area contributed by atoms with Gasteiger partial charge in [0.05, 0.1) is 0 Å². The Morgan fingerprint density at radius 3 is 0.457 bits per heavy atom. The van der Waals surface area contributed by atoms with Gasteiger partial charge in [-0.15, -0.1) is 0 Å². The molecule has 0 aliphatic carbocycles. The molecule has 0 radical (unpaired) electrons. The molecule has 0 N–H and O–H groups in total. The molecule has 0 aliphatic rings. The first kappa shape index (κ1) is 68.9. The molecule has 0 bridgehead atoms. The number of fused-ring (bicyclic) bond motifs is 11. The maximum absolute atomic E-state index is 2.32. The highest BCUT2D eigenvalue weighted by Crippen LogP contribution is 2.54. The quantitative estimate of drug-likeness (QED) is 0.126. The summed E-state index contributed by atoms with van der Waals surface area (Å²) >= 11 is 0. The number of hydrogen-bond acceptors (Lipinski definition) is 0. The van der Waals surface area contributed by atoms with E-state index >= 15 is 0 Å². The molecule has 0 heterocycles. The molecule has 0 unspecified atom stereocenters. The third-order valence-corrected chi connectivity index (χ3v) is 23.7. The third kappa shape index (κ3) is 11.9. The van der Waals surface area contributed by atoms with Crippen molar-refractivity contribution >= 4 is 118 Å². The van der Waals surface area contributed by atoms with Crippen molar-refractivity contribution in [3.05, 3.63) is 461 Å². The predicted octanol–water partition coefficient (Wildman–Crippen LogP) is 32.7. The molecule has 0 saturated carbocycles. The van der Waals surface area contributed by atoms with Crippen molar-refractivity contribution in [2.45, 2.75) is 0 Å². The van der Waals surface area contributed by atoms with Crippen LogP contribution in [0.5, 0.6) is 0 Å². The van der Waals surface area contributed by atoms with Gasteiger partial charge in [0.2, 0.25) is 0 Å². The minimum Gasteiger partial charge on any atom is -0.0622 e. The highest BCUT2D eigenvalue weighted by atomic mass is 14.3. The lowest BCUT2D eigenvalue weighted by atomic mass is 9.80. The standard InChI is InChI=1S/C44H28.C40H26.C32H22/c1-2-16-30(17-3-1)41-33-20-6-10-24-37(33)43(38-25-11-7-21-34(38)41)44-39-26-12-8-22-35(39)42(36-23-9-13-27-40(36)44)32-28-14-18-29-15-4-5-19-31(29)32;1-3-15-27(16-4-1)37-29-19-7-11-23-33(29)39(34-24-12-8-20-30(34)37)40-35-25-13-9-21-31(35)38(28-17-5-2-6-18-28)32-22-10-14-26-36(32)40;1-3-11-23(12-4-1)24-19-21-26(22-20-24)32-29-17-9-7-15-27(29)31(25-13-5-2-6-14-25)28-16-8-10-18-30(28)32/h1-28H;1-26H;1-22H. The van der Waals surface area contributed by atoms with E-state index in [2.05, 4.69) is 461 Å². The molecular weight excluding hydrogens is 1390 g/mol. The first-order valence-electron chi connectivity index (χ1n) is 40.2. The number of benzene rings is 23. The van der Waals surface area contributed by atoms with Crippen LogP contribution in [0.25, 0.3) is 219 Å². The topological polar surface area (TPSA) is 0 Å². The number of rotatable bonds is 9. The zero-order valence-corrected chi connectivity index (χ0v) is 63.9. The van der Waals surface area contributed by atoms with Gasteiger partial charge in [-0.3, -0.25) is 0 Å². The fraction of sp³-hybridized carbons (Fsp3) is 0. The Morgan fingerprint density at radius 2 is 0.224 bits per heavy atom. The van der Waals surface area contributed by atoms with Gasteiger partial charge < -0.3 is 0 Å². The second-order valence-corrected chi connectivity index (χ2v) is 30.1. The Kier molecular flexibility index (Phi) is 17.7. The molecular formula is C116H76. The zero-order chi connectivity index (χ0) is 76.8. The van der Waals surface area contributed by atoms with E-state index in [0.717, 1.165) is 0 Å². The lowest BCUT2D eigenvalue weighted by Gasteiger charge is -2.22. The Labute approximate surface area is 675 Å². The van der Waals surface area contributed by atoms with Gasteiger partial charge in [-0.25, -0.2) is 0 Å². The average Bonchev–Trinajstić information content (AvgIpc) is 0.714. The predicted molar refractivity (Wildman–Crippen MR) is 501 cm³/mol. The first-order chi connectivity index (χ1) is 57.7. The van der Waals surface area contributed by atoms with E-state index in [-0.39, 0.29) is 0 Å². The van der Waals surface area contributed by atoms with E-state index in [1.54, 1.807) is 0 Å². The SMILES string of the molecule is c1ccc(-c2c3ccccc3c(-c3c4ccccc4c(-c4cccc5ccccc45)c4ccccc34)c3ccccc23)cc1.c1ccc(-c2c3ccccc3c(-c3c4ccccc4c(-c4ccccc4)c4ccccc34)c3ccccc23)cc1.c1ccc(-c2ccc(-c3c4ccccc4c(-c4ccccc4)c4ccccc34)cc2)cc1. The normalized spacial score (nSPS) is 11.4. The Morgan fingerprint density at radius 1 is 0.0776 bits per heavy atom. The summed E-state index contributed by atoms with van der Waals surface area (Å²) in [5.74, 6) is 0. The molecule has 0 fully saturated rings. The fourth-order valence-corrected chi connectivity index (χ4v) is 18.9. The third-order valence-electron chi connectivity index (χ3n) is 23.7. The monoisotopic (exact) mass is 1470 g/mol. The van der Waals surface area contributed by atoms with Crippen LogP contribution in [-0.4, -0.2) is 0 Å². The van der Waals surface area contributed by atoms with E-state index in [4.69, 9.17) is 0 Å². The van der Waals surface area contributed by atoms with E-state index in [1.807, 2.05) is 0 Å². The molecule has 0 heteroatoms. The van der Waals surface area contributed by atoms with Gasteiger partial charge in [-0.2, -0.15) is 0 Å². The molecule has 0 spiro atoms. The maximum atomic E-state index is 2.32. The number of hydrogen-bond donors (Lipinski definition) is 0. The van der Waals surface area contributed by atoms with Crippen molar-refractivity contribution in [1.29, 1.82) is 0 Å². The van der Waals surface area contributed by atoms with Gasteiger partial charge in [0.25, 0.3) is 0 Å². The summed E-state index contributed by atoms with van der Waals surface area (Å²) in [7, 11) is 0. The van der Waals surface area contributed by atoms with E-state index in [9.17, 15) is 0 Å². The summed E-state index contributed by atoms with van der Waals surface area (Å²) in [4.78, 5) is 0. The molecule has 0 nitrogen and oxygen atoms in total. The molecule has 116 heavy (non-hydrogen) atoms. The lowest BCUT2D eigenvalue weighted by molar-refractivity contribution is 1.61. The smallest absolute Gasteiger partial charge is 0.00139 e.